The van der Waals surface area contributed by atoms with Crippen LogP contribution in [0.2, 0.25) is 0 Å². The molecule has 1 fully saturated rings. The van der Waals surface area contributed by atoms with Crippen LogP contribution in [0.5, 0.6) is 0 Å². The lowest BCUT2D eigenvalue weighted by molar-refractivity contribution is 0.0946. The minimum absolute atomic E-state index is 0.0833. The number of pyridine rings is 1. The third-order valence-electron chi connectivity index (χ3n) is 4.22. The van der Waals surface area contributed by atoms with Crippen LogP contribution in [0.15, 0.2) is 24.5 Å². The van der Waals surface area contributed by atoms with E-state index in [0.29, 0.717) is 12.2 Å². The monoisotopic (exact) mass is 300 g/mol. The van der Waals surface area contributed by atoms with Crippen molar-refractivity contribution in [1.29, 1.82) is 0 Å². The van der Waals surface area contributed by atoms with Gasteiger partial charge < -0.3 is 14.6 Å². The van der Waals surface area contributed by atoms with E-state index in [9.17, 15) is 4.79 Å². The SMILES string of the molecule is Cc1ccc2nc(C(=O)NCCCN3CCCCC3)cn2c1. The van der Waals surface area contributed by atoms with Crippen molar-refractivity contribution in [2.45, 2.75) is 32.6 Å². The predicted molar refractivity (Wildman–Crippen MR) is 87.2 cm³/mol. The summed E-state index contributed by atoms with van der Waals surface area (Å²) < 4.78 is 1.90. The van der Waals surface area contributed by atoms with Crippen molar-refractivity contribution >= 4 is 11.6 Å². The Morgan fingerprint density at radius 3 is 2.86 bits per heavy atom. The molecule has 118 valence electrons. The molecule has 0 aromatic carbocycles. The minimum atomic E-state index is -0.0833. The van der Waals surface area contributed by atoms with Crippen LogP contribution in [0.3, 0.4) is 0 Å². The van der Waals surface area contributed by atoms with E-state index in [1.165, 1.54) is 32.4 Å². The van der Waals surface area contributed by atoms with Gasteiger partial charge in [-0.05, 0) is 57.5 Å². The molecule has 0 unspecified atom stereocenters. The van der Waals surface area contributed by atoms with Gasteiger partial charge in [0.05, 0.1) is 0 Å². The fraction of sp³-hybridized carbons (Fsp3) is 0.529. The molecule has 0 aliphatic carbocycles. The Hall–Kier alpha value is -1.88. The van der Waals surface area contributed by atoms with Crippen molar-refractivity contribution in [2.75, 3.05) is 26.2 Å². The van der Waals surface area contributed by atoms with Crippen molar-refractivity contribution in [3.8, 4) is 0 Å². The first-order valence-corrected chi connectivity index (χ1v) is 8.18. The van der Waals surface area contributed by atoms with Crippen LogP contribution in [-0.2, 0) is 0 Å². The zero-order chi connectivity index (χ0) is 15.4. The average Bonchev–Trinajstić information content (AvgIpc) is 2.95. The van der Waals surface area contributed by atoms with E-state index >= 15 is 0 Å². The zero-order valence-electron chi connectivity index (χ0n) is 13.2. The molecule has 2 aromatic rings. The molecule has 1 N–H and O–H groups in total. The van der Waals surface area contributed by atoms with Gasteiger partial charge in [0.2, 0.25) is 0 Å². The first-order chi connectivity index (χ1) is 10.7. The number of rotatable bonds is 5. The van der Waals surface area contributed by atoms with Gasteiger partial charge in [0, 0.05) is 18.9 Å². The Labute approximate surface area is 131 Å². The topological polar surface area (TPSA) is 49.6 Å². The molecule has 5 nitrogen and oxygen atoms in total. The van der Waals surface area contributed by atoms with Crippen LogP contribution in [0, 0.1) is 6.92 Å². The molecule has 3 rings (SSSR count). The molecule has 3 heterocycles. The highest BCUT2D eigenvalue weighted by Gasteiger charge is 2.12. The number of hydrogen-bond donors (Lipinski definition) is 1. The van der Waals surface area contributed by atoms with Crippen molar-refractivity contribution < 1.29 is 4.79 Å². The summed E-state index contributed by atoms with van der Waals surface area (Å²) >= 11 is 0. The van der Waals surface area contributed by atoms with Crippen molar-refractivity contribution in [3.63, 3.8) is 0 Å². The Balaban J connectivity index is 1.48. The van der Waals surface area contributed by atoms with Crippen molar-refractivity contribution in [3.05, 3.63) is 35.8 Å². The maximum Gasteiger partial charge on any atom is 0.271 e. The third kappa shape index (κ3) is 3.65. The molecule has 1 amide bonds. The average molecular weight is 300 g/mol. The molecule has 5 heteroatoms. The van der Waals surface area contributed by atoms with Crippen LogP contribution in [0.4, 0.5) is 0 Å². The van der Waals surface area contributed by atoms with Gasteiger partial charge in [0.1, 0.15) is 11.3 Å². The van der Waals surface area contributed by atoms with E-state index in [1.54, 1.807) is 6.20 Å². The number of fused-ring (bicyclic) bond motifs is 1. The van der Waals surface area contributed by atoms with Crippen LogP contribution in [0.25, 0.3) is 5.65 Å². The lowest BCUT2D eigenvalue weighted by Crippen LogP contribution is -2.33. The van der Waals surface area contributed by atoms with E-state index in [4.69, 9.17) is 0 Å². The molecule has 2 aromatic heterocycles. The number of carbonyl (C=O) groups is 1. The standard InChI is InChI=1S/C17H24N4O/c1-14-6-7-16-19-15(13-21(16)12-14)17(22)18-8-5-11-20-9-3-2-4-10-20/h6-7,12-13H,2-5,8-11H2,1H3,(H,18,22). The largest absolute Gasteiger partial charge is 0.351 e. The number of piperidine rings is 1. The third-order valence-corrected chi connectivity index (χ3v) is 4.22. The van der Waals surface area contributed by atoms with Gasteiger partial charge in [0.15, 0.2) is 0 Å². The number of nitrogens with zero attached hydrogens (tertiary/aromatic N) is 3. The number of nitrogens with one attached hydrogen (secondary N) is 1. The fourth-order valence-electron chi connectivity index (χ4n) is 2.99. The lowest BCUT2D eigenvalue weighted by atomic mass is 10.1. The van der Waals surface area contributed by atoms with Gasteiger partial charge in [-0.3, -0.25) is 4.79 Å². The minimum Gasteiger partial charge on any atom is -0.351 e. The van der Waals surface area contributed by atoms with E-state index < -0.39 is 0 Å². The van der Waals surface area contributed by atoms with Gasteiger partial charge in [-0.25, -0.2) is 4.98 Å². The van der Waals surface area contributed by atoms with Gasteiger partial charge in [-0.2, -0.15) is 0 Å². The second-order valence-electron chi connectivity index (χ2n) is 6.11. The molecule has 22 heavy (non-hydrogen) atoms. The summed E-state index contributed by atoms with van der Waals surface area (Å²) in [4.78, 5) is 19.0. The zero-order valence-corrected chi connectivity index (χ0v) is 13.2. The number of amides is 1. The summed E-state index contributed by atoms with van der Waals surface area (Å²) in [6.45, 7) is 6.23. The van der Waals surface area contributed by atoms with Gasteiger partial charge in [-0.15, -0.1) is 0 Å². The molecule has 0 spiro atoms. The molecule has 0 bridgehead atoms. The maximum atomic E-state index is 12.1. The van der Waals surface area contributed by atoms with Crippen LogP contribution in [0.1, 0.15) is 41.7 Å². The number of aromatic nitrogens is 2. The smallest absolute Gasteiger partial charge is 0.271 e. The van der Waals surface area contributed by atoms with Crippen molar-refractivity contribution in [2.24, 2.45) is 0 Å². The Kier molecular flexibility index (Phi) is 4.73. The van der Waals surface area contributed by atoms with Crippen molar-refractivity contribution in [1.82, 2.24) is 19.6 Å². The van der Waals surface area contributed by atoms with Gasteiger partial charge in [0.25, 0.3) is 5.91 Å². The summed E-state index contributed by atoms with van der Waals surface area (Å²) in [5.74, 6) is -0.0833. The molecular weight excluding hydrogens is 276 g/mol. The quantitative estimate of drug-likeness (QED) is 0.862. The number of likely N-dealkylation sites (tertiary alicyclic amines) is 1. The first kappa shape index (κ1) is 15.0. The number of imidazole rings is 1. The molecule has 0 radical (unpaired) electrons. The molecule has 1 saturated heterocycles. The highest BCUT2D eigenvalue weighted by atomic mass is 16.1. The summed E-state index contributed by atoms with van der Waals surface area (Å²) in [7, 11) is 0. The predicted octanol–water partition coefficient (Wildman–Crippen LogP) is 2.25. The summed E-state index contributed by atoms with van der Waals surface area (Å²) in [6.07, 6.45) is 8.76. The summed E-state index contributed by atoms with van der Waals surface area (Å²) in [5, 5.41) is 2.97. The number of aryl methyl sites for hydroxylation is 1. The molecule has 0 atom stereocenters. The van der Waals surface area contributed by atoms with Crippen LogP contribution in [-0.4, -0.2) is 46.4 Å². The molecule has 0 saturated carbocycles. The van der Waals surface area contributed by atoms with Gasteiger partial charge in [-0.1, -0.05) is 12.5 Å². The highest BCUT2D eigenvalue weighted by molar-refractivity contribution is 5.92. The van der Waals surface area contributed by atoms with Crippen LogP contribution >= 0.6 is 0 Å². The lowest BCUT2D eigenvalue weighted by Gasteiger charge is -2.26. The summed E-state index contributed by atoms with van der Waals surface area (Å²) in [6, 6.07) is 3.94. The Bertz CT molecular complexity index is 643. The van der Waals surface area contributed by atoms with E-state index in [0.717, 1.165) is 24.2 Å². The van der Waals surface area contributed by atoms with E-state index in [-0.39, 0.29) is 5.91 Å². The van der Waals surface area contributed by atoms with Crippen LogP contribution < -0.4 is 5.32 Å². The fourth-order valence-corrected chi connectivity index (χ4v) is 2.99. The number of carbonyl (C=O) groups excluding carboxylic acids is 1. The van der Waals surface area contributed by atoms with E-state index in [1.807, 2.05) is 29.7 Å². The maximum absolute atomic E-state index is 12.1. The molecule has 1 aliphatic heterocycles. The molecular formula is C17H24N4O. The van der Waals surface area contributed by atoms with E-state index in [2.05, 4.69) is 15.2 Å². The second-order valence-corrected chi connectivity index (χ2v) is 6.11. The first-order valence-electron chi connectivity index (χ1n) is 8.18. The normalized spacial score (nSPS) is 16.0. The Morgan fingerprint density at radius 1 is 1.23 bits per heavy atom. The number of hydrogen-bond acceptors (Lipinski definition) is 3. The summed E-state index contributed by atoms with van der Waals surface area (Å²) in [5.41, 5.74) is 2.45. The van der Waals surface area contributed by atoms with Gasteiger partial charge >= 0.3 is 0 Å². The highest BCUT2D eigenvalue weighted by Crippen LogP contribution is 2.09. The Morgan fingerprint density at radius 2 is 2.05 bits per heavy atom. The molecule has 1 aliphatic rings. The second kappa shape index (κ2) is 6.92.